The maximum absolute atomic E-state index is 12.9. The lowest BCUT2D eigenvalue weighted by Crippen LogP contribution is -2.24. The highest BCUT2D eigenvalue weighted by molar-refractivity contribution is 5.42. The van der Waals surface area contributed by atoms with Gasteiger partial charge in [-0.15, -0.1) is 0 Å². The van der Waals surface area contributed by atoms with Crippen molar-refractivity contribution in [1.82, 2.24) is 4.57 Å². The number of benzene rings is 1. The number of rotatable bonds is 2. The molecular weight excluding hydrogens is 219 g/mol. The van der Waals surface area contributed by atoms with E-state index in [1.54, 1.807) is 24.3 Å². The maximum atomic E-state index is 12.9. The molecule has 2 N–H and O–H groups in total. The van der Waals surface area contributed by atoms with Gasteiger partial charge in [-0.1, -0.05) is 6.92 Å². The van der Waals surface area contributed by atoms with Gasteiger partial charge in [-0.25, -0.2) is 4.39 Å². The molecular formula is C13H13FN2O. The monoisotopic (exact) mass is 232 g/mol. The fourth-order valence-corrected chi connectivity index (χ4v) is 1.74. The summed E-state index contributed by atoms with van der Waals surface area (Å²) in [4.78, 5) is 12.0. The van der Waals surface area contributed by atoms with Crippen molar-refractivity contribution in [2.24, 2.45) is 0 Å². The number of nitrogens with zero attached hydrogens (tertiary/aromatic N) is 1. The van der Waals surface area contributed by atoms with Crippen molar-refractivity contribution < 1.29 is 4.39 Å². The van der Waals surface area contributed by atoms with Gasteiger partial charge in [0.15, 0.2) is 0 Å². The number of nitrogens with two attached hydrogens (primary N) is 1. The average molecular weight is 232 g/mol. The van der Waals surface area contributed by atoms with Gasteiger partial charge >= 0.3 is 0 Å². The topological polar surface area (TPSA) is 48.0 Å². The van der Waals surface area contributed by atoms with Gasteiger partial charge in [0.05, 0.1) is 5.69 Å². The number of pyridine rings is 1. The minimum atomic E-state index is -0.330. The van der Waals surface area contributed by atoms with Gasteiger partial charge < -0.3 is 5.73 Å². The third kappa shape index (κ3) is 2.06. The molecule has 0 radical (unpaired) electrons. The van der Waals surface area contributed by atoms with E-state index in [1.165, 1.54) is 16.7 Å². The smallest absolute Gasteiger partial charge is 0.278 e. The highest BCUT2D eigenvalue weighted by Crippen LogP contribution is 2.12. The van der Waals surface area contributed by atoms with Crippen LogP contribution < -0.4 is 11.3 Å². The third-order valence-corrected chi connectivity index (χ3v) is 2.64. The molecule has 2 aromatic rings. The molecule has 2 rings (SSSR count). The number of hydrogen-bond donors (Lipinski definition) is 1. The summed E-state index contributed by atoms with van der Waals surface area (Å²) in [6, 6.07) is 9.18. The quantitative estimate of drug-likeness (QED) is 0.862. The van der Waals surface area contributed by atoms with Crippen LogP contribution in [0.15, 0.2) is 41.2 Å². The molecule has 1 aromatic carbocycles. The number of hydrogen-bond acceptors (Lipinski definition) is 2. The Hall–Kier alpha value is -2.10. The predicted molar refractivity (Wildman–Crippen MR) is 65.8 cm³/mol. The van der Waals surface area contributed by atoms with E-state index in [0.29, 0.717) is 12.1 Å². The summed E-state index contributed by atoms with van der Waals surface area (Å²) in [6.07, 6.45) is 0.701. The van der Waals surface area contributed by atoms with E-state index < -0.39 is 0 Å². The van der Waals surface area contributed by atoms with Gasteiger partial charge in [0.2, 0.25) is 0 Å². The molecule has 0 saturated carbocycles. The first-order chi connectivity index (χ1) is 8.13. The van der Waals surface area contributed by atoms with Crippen LogP contribution in [0.4, 0.5) is 10.1 Å². The standard InChI is InChI=1S/C13H13FN2O/c1-2-10-7-8-12(15)13(17)16(10)11-5-3-9(14)4-6-11/h3-8H,2,15H2,1H3. The molecule has 0 atom stereocenters. The van der Waals surface area contributed by atoms with E-state index in [4.69, 9.17) is 5.73 Å². The Morgan fingerprint density at radius 3 is 2.41 bits per heavy atom. The lowest BCUT2D eigenvalue weighted by Gasteiger charge is -2.12. The van der Waals surface area contributed by atoms with E-state index in [0.717, 1.165) is 5.69 Å². The second-order valence-corrected chi connectivity index (χ2v) is 3.75. The Morgan fingerprint density at radius 2 is 1.82 bits per heavy atom. The summed E-state index contributed by atoms with van der Waals surface area (Å²) >= 11 is 0. The van der Waals surface area contributed by atoms with Crippen LogP contribution in [0.2, 0.25) is 0 Å². The van der Waals surface area contributed by atoms with E-state index in [2.05, 4.69) is 0 Å². The third-order valence-electron chi connectivity index (χ3n) is 2.64. The fraction of sp³-hybridized carbons (Fsp3) is 0.154. The largest absolute Gasteiger partial charge is 0.394 e. The van der Waals surface area contributed by atoms with Gasteiger partial charge in [0, 0.05) is 11.4 Å². The van der Waals surface area contributed by atoms with Gasteiger partial charge in [-0.2, -0.15) is 0 Å². The molecule has 0 amide bonds. The van der Waals surface area contributed by atoms with Crippen LogP contribution in [0.5, 0.6) is 0 Å². The Morgan fingerprint density at radius 1 is 1.18 bits per heavy atom. The van der Waals surface area contributed by atoms with Crippen LogP contribution in [0, 0.1) is 5.82 Å². The molecule has 0 fully saturated rings. The van der Waals surface area contributed by atoms with Gasteiger partial charge in [0.25, 0.3) is 5.56 Å². The molecule has 0 saturated heterocycles. The van der Waals surface area contributed by atoms with E-state index >= 15 is 0 Å². The molecule has 0 bridgehead atoms. The fourth-order valence-electron chi connectivity index (χ4n) is 1.74. The number of aryl methyl sites for hydroxylation is 1. The van der Waals surface area contributed by atoms with Crippen molar-refractivity contribution in [3.05, 3.63) is 58.3 Å². The summed E-state index contributed by atoms with van der Waals surface area (Å²) in [6.45, 7) is 1.95. The molecule has 88 valence electrons. The number of nitrogen functional groups attached to an aromatic ring is 1. The van der Waals surface area contributed by atoms with Crippen LogP contribution in [0.1, 0.15) is 12.6 Å². The van der Waals surface area contributed by atoms with E-state index in [1.807, 2.05) is 6.92 Å². The zero-order valence-electron chi connectivity index (χ0n) is 9.48. The molecule has 4 heteroatoms. The van der Waals surface area contributed by atoms with Crippen molar-refractivity contribution in [1.29, 1.82) is 0 Å². The number of aromatic nitrogens is 1. The second-order valence-electron chi connectivity index (χ2n) is 3.75. The molecule has 1 heterocycles. The van der Waals surface area contributed by atoms with Crippen LogP contribution >= 0.6 is 0 Å². The highest BCUT2D eigenvalue weighted by Gasteiger charge is 2.07. The molecule has 0 aliphatic carbocycles. The normalized spacial score (nSPS) is 10.5. The van der Waals surface area contributed by atoms with Crippen LogP contribution in [0.25, 0.3) is 5.69 Å². The molecule has 0 aliphatic heterocycles. The van der Waals surface area contributed by atoms with Crippen LogP contribution in [-0.4, -0.2) is 4.57 Å². The van der Waals surface area contributed by atoms with Crippen LogP contribution in [-0.2, 0) is 6.42 Å². The Labute approximate surface area is 98.3 Å². The first kappa shape index (κ1) is 11.4. The zero-order valence-corrected chi connectivity index (χ0v) is 9.48. The summed E-state index contributed by atoms with van der Waals surface area (Å²) in [5.41, 5.74) is 6.99. The first-order valence-corrected chi connectivity index (χ1v) is 5.40. The molecule has 0 spiro atoms. The summed E-state index contributed by atoms with van der Waals surface area (Å²) < 4.78 is 14.4. The van der Waals surface area contributed by atoms with Crippen molar-refractivity contribution in [2.75, 3.05) is 5.73 Å². The van der Waals surface area contributed by atoms with Crippen molar-refractivity contribution in [3.8, 4) is 5.69 Å². The lowest BCUT2D eigenvalue weighted by molar-refractivity contribution is 0.627. The second kappa shape index (κ2) is 4.41. The lowest BCUT2D eigenvalue weighted by atomic mass is 10.2. The highest BCUT2D eigenvalue weighted by atomic mass is 19.1. The summed E-state index contributed by atoms with van der Waals surface area (Å²) in [5, 5.41) is 0. The molecule has 17 heavy (non-hydrogen) atoms. The SMILES string of the molecule is CCc1ccc(N)c(=O)n1-c1ccc(F)cc1. The molecule has 0 unspecified atom stereocenters. The zero-order chi connectivity index (χ0) is 12.4. The molecule has 0 aliphatic rings. The minimum Gasteiger partial charge on any atom is -0.394 e. The van der Waals surface area contributed by atoms with Crippen molar-refractivity contribution >= 4 is 5.69 Å². The predicted octanol–water partition coefficient (Wildman–Crippen LogP) is 2.12. The minimum absolute atomic E-state index is 0.187. The van der Waals surface area contributed by atoms with Crippen LogP contribution in [0.3, 0.4) is 0 Å². The van der Waals surface area contributed by atoms with E-state index in [-0.39, 0.29) is 17.1 Å². The van der Waals surface area contributed by atoms with Gasteiger partial charge in [-0.3, -0.25) is 9.36 Å². The maximum Gasteiger partial charge on any atom is 0.278 e. The first-order valence-electron chi connectivity index (χ1n) is 5.40. The Kier molecular flexibility index (Phi) is 2.95. The summed E-state index contributed by atoms with van der Waals surface area (Å²) in [7, 11) is 0. The number of halogens is 1. The Bertz CT molecular complexity index is 587. The van der Waals surface area contributed by atoms with Crippen molar-refractivity contribution in [2.45, 2.75) is 13.3 Å². The molecule has 3 nitrogen and oxygen atoms in total. The van der Waals surface area contributed by atoms with Gasteiger partial charge in [0.1, 0.15) is 5.82 Å². The van der Waals surface area contributed by atoms with Gasteiger partial charge in [-0.05, 0) is 42.8 Å². The van der Waals surface area contributed by atoms with Crippen molar-refractivity contribution in [3.63, 3.8) is 0 Å². The number of anilines is 1. The van der Waals surface area contributed by atoms with E-state index in [9.17, 15) is 9.18 Å². The average Bonchev–Trinajstić information content (AvgIpc) is 2.34. The Balaban J connectivity index is 2.69. The molecule has 1 aromatic heterocycles. The summed E-state index contributed by atoms with van der Waals surface area (Å²) in [5.74, 6) is -0.330.